The van der Waals surface area contributed by atoms with Crippen LogP contribution in [-0.4, -0.2) is 77.8 Å². The lowest BCUT2D eigenvalue weighted by atomic mass is 9.90. The number of nitrogens with one attached hydrogen (secondary N) is 3. The van der Waals surface area contributed by atoms with Crippen molar-refractivity contribution >= 4 is 29.5 Å². The number of hydrogen-bond donors (Lipinski definition) is 3. The van der Waals surface area contributed by atoms with Gasteiger partial charge in [-0.1, -0.05) is 12.2 Å². The number of anilines is 1. The summed E-state index contributed by atoms with van der Waals surface area (Å²) in [5.41, 5.74) is 4.37. The Morgan fingerprint density at radius 2 is 2.06 bits per heavy atom. The van der Waals surface area contributed by atoms with Crippen LogP contribution in [0.3, 0.4) is 0 Å². The standard InChI is InChI=1S/C25H35N7O/c1-16(2)32-15-20(22-23(26)27-9-10-28-24(22)32)17-4-5-21-18(14-17)6-13-31(21)25(33)29-19-7-11-30(3)12-8-19/h4,9,14-16,19,21,26,28H,5-8,10-13H2,1-3H3,(H,29,33). The quantitative estimate of drug-likeness (QED) is 0.660. The molecule has 176 valence electrons. The molecule has 4 heterocycles. The van der Waals surface area contributed by atoms with Gasteiger partial charge in [0.1, 0.15) is 5.82 Å². The largest absolute Gasteiger partial charge is 0.366 e. The van der Waals surface area contributed by atoms with Crippen molar-refractivity contribution in [2.75, 3.05) is 38.5 Å². The van der Waals surface area contributed by atoms with Gasteiger partial charge in [-0.2, -0.15) is 0 Å². The maximum atomic E-state index is 13.1. The number of urea groups is 1. The predicted molar refractivity (Wildman–Crippen MR) is 133 cm³/mol. The van der Waals surface area contributed by atoms with Gasteiger partial charge in [-0.05, 0) is 70.8 Å². The summed E-state index contributed by atoms with van der Waals surface area (Å²) in [6.07, 6.45) is 12.2. The van der Waals surface area contributed by atoms with Gasteiger partial charge in [0.15, 0.2) is 5.84 Å². The first-order valence-corrected chi connectivity index (χ1v) is 12.2. The first kappa shape index (κ1) is 21.9. The van der Waals surface area contributed by atoms with Gasteiger partial charge in [0, 0.05) is 36.6 Å². The zero-order valence-electron chi connectivity index (χ0n) is 19.9. The van der Waals surface area contributed by atoms with E-state index in [9.17, 15) is 4.79 Å². The maximum Gasteiger partial charge on any atom is 0.318 e. The molecule has 2 amide bonds. The highest BCUT2D eigenvalue weighted by Gasteiger charge is 2.35. The molecule has 2 saturated heterocycles. The van der Waals surface area contributed by atoms with E-state index in [1.54, 1.807) is 6.21 Å². The summed E-state index contributed by atoms with van der Waals surface area (Å²) >= 11 is 0. The number of likely N-dealkylation sites (tertiary alicyclic amines) is 2. The molecule has 0 bridgehead atoms. The van der Waals surface area contributed by atoms with E-state index >= 15 is 0 Å². The summed E-state index contributed by atoms with van der Waals surface area (Å²) in [5.74, 6) is 1.27. The van der Waals surface area contributed by atoms with Crippen molar-refractivity contribution in [2.45, 2.75) is 57.7 Å². The van der Waals surface area contributed by atoms with Crippen LogP contribution in [0.25, 0.3) is 5.57 Å². The molecule has 0 spiro atoms. The molecule has 0 saturated carbocycles. The lowest BCUT2D eigenvalue weighted by Crippen LogP contribution is -2.50. The van der Waals surface area contributed by atoms with Crippen molar-refractivity contribution in [3.63, 3.8) is 0 Å². The van der Waals surface area contributed by atoms with E-state index in [-0.39, 0.29) is 24.2 Å². The predicted octanol–water partition coefficient (Wildman–Crippen LogP) is 3.48. The Morgan fingerprint density at radius 1 is 1.27 bits per heavy atom. The second-order valence-corrected chi connectivity index (χ2v) is 9.91. The summed E-state index contributed by atoms with van der Waals surface area (Å²) in [5, 5.41) is 15.3. The van der Waals surface area contributed by atoms with Crippen LogP contribution in [0.2, 0.25) is 0 Å². The fourth-order valence-corrected chi connectivity index (χ4v) is 5.47. The molecule has 1 aromatic rings. The number of fused-ring (bicyclic) bond motifs is 2. The number of carbonyl (C=O) groups excluding carboxylic acids is 1. The number of rotatable bonds is 3. The normalized spacial score (nSPS) is 23.6. The summed E-state index contributed by atoms with van der Waals surface area (Å²) in [6, 6.07) is 0.777. The smallest absolute Gasteiger partial charge is 0.318 e. The lowest BCUT2D eigenvalue weighted by Gasteiger charge is -2.33. The minimum absolute atomic E-state index is 0.0787. The number of amides is 2. The molecule has 1 aromatic heterocycles. The molecule has 1 atom stereocenters. The molecule has 0 aromatic carbocycles. The topological polar surface area (TPSA) is 88.8 Å². The molecule has 8 heteroatoms. The summed E-state index contributed by atoms with van der Waals surface area (Å²) in [7, 11) is 2.14. The average molecular weight is 450 g/mol. The van der Waals surface area contributed by atoms with Crippen LogP contribution in [-0.2, 0) is 0 Å². The number of carbonyl (C=O) groups is 1. The SMILES string of the molecule is CC(C)n1cc(C2=CCC3C(=C2)CCN3C(=O)NC2CCN(C)CC2)c2c1NCC=NC2=N. The average Bonchev–Trinajstić information content (AvgIpc) is 3.34. The van der Waals surface area contributed by atoms with Crippen molar-refractivity contribution in [3.05, 3.63) is 35.0 Å². The molecule has 33 heavy (non-hydrogen) atoms. The fourth-order valence-electron chi connectivity index (χ4n) is 5.47. The summed E-state index contributed by atoms with van der Waals surface area (Å²) in [6.45, 7) is 7.78. The molecule has 3 N–H and O–H groups in total. The van der Waals surface area contributed by atoms with E-state index in [4.69, 9.17) is 5.41 Å². The van der Waals surface area contributed by atoms with Gasteiger partial charge in [0.05, 0.1) is 18.2 Å². The van der Waals surface area contributed by atoms with Crippen molar-refractivity contribution in [3.8, 4) is 0 Å². The number of hydrogen-bond acceptors (Lipinski definition) is 4. The first-order valence-electron chi connectivity index (χ1n) is 12.2. The van der Waals surface area contributed by atoms with Gasteiger partial charge in [-0.3, -0.25) is 5.41 Å². The highest BCUT2D eigenvalue weighted by Crippen LogP contribution is 2.39. The van der Waals surface area contributed by atoms with Crippen molar-refractivity contribution in [1.29, 1.82) is 5.41 Å². The van der Waals surface area contributed by atoms with E-state index in [1.807, 2.05) is 4.90 Å². The van der Waals surface area contributed by atoms with Crippen LogP contribution in [0.1, 0.15) is 56.7 Å². The minimum Gasteiger partial charge on any atom is -0.366 e. The third-order valence-electron chi connectivity index (χ3n) is 7.37. The number of nitrogens with zero attached hydrogens (tertiary/aromatic N) is 4. The molecule has 1 aliphatic carbocycles. The number of aliphatic imine (C=N–C) groups is 1. The Bertz CT molecular complexity index is 1040. The number of amidine groups is 1. The van der Waals surface area contributed by atoms with E-state index in [0.29, 0.717) is 12.4 Å². The van der Waals surface area contributed by atoms with Crippen molar-refractivity contribution in [1.82, 2.24) is 19.7 Å². The molecule has 1 unspecified atom stereocenters. The number of allylic oxidation sites excluding steroid dienone is 2. The Balaban J connectivity index is 1.35. The highest BCUT2D eigenvalue weighted by molar-refractivity contribution is 6.10. The Labute approximate surface area is 195 Å². The van der Waals surface area contributed by atoms with Gasteiger partial charge in [0.2, 0.25) is 0 Å². The van der Waals surface area contributed by atoms with E-state index in [0.717, 1.165) is 67.8 Å². The van der Waals surface area contributed by atoms with Crippen LogP contribution >= 0.6 is 0 Å². The summed E-state index contributed by atoms with van der Waals surface area (Å²) < 4.78 is 2.20. The molecule has 8 nitrogen and oxygen atoms in total. The molecule has 0 radical (unpaired) electrons. The zero-order chi connectivity index (χ0) is 23.1. The van der Waals surface area contributed by atoms with Crippen molar-refractivity contribution in [2.24, 2.45) is 4.99 Å². The Hall–Kier alpha value is -2.87. The third kappa shape index (κ3) is 4.12. The van der Waals surface area contributed by atoms with Crippen LogP contribution in [0.4, 0.5) is 10.6 Å². The van der Waals surface area contributed by atoms with Gasteiger partial charge >= 0.3 is 6.03 Å². The van der Waals surface area contributed by atoms with E-state index in [1.165, 1.54) is 5.57 Å². The van der Waals surface area contributed by atoms with Crippen LogP contribution in [0.5, 0.6) is 0 Å². The number of piperidine rings is 1. The van der Waals surface area contributed by atoms with E-state index in [2.05, 4.69) is 64.3 Å². The second-order valence-electron chi connectivity index (χ2n) is 9.91. The minimum atomic E-state index is 0.0787. The molecule has 3 aliphatic heterocycles. The Kier molecular flexibility index (Phi) is 5.86. The lowest BCUT2D eigenvalue weighted by molar-refractivity contribution is 0.179. The van der Waals surface area contributed by atoms with Gasteiger partial charge in [-0.25, -0.2) is 9.79 Å². The van der Waals surface area contributed by atoms with Gasteiger partial charge in [-0.15, -0.1) is 0 Å². The monoisotopic (exact) mass is 449 g/mol. The van der Waals surface area contributed by atoms with Crippen LogP contribution in [0, 0.1) is 5.41 Å². The maximum absolute atomic E-state index is 13.1. The summed E-state index contributed by atoms with van der Waals surface area (Å²) in [4.78, 5) is 21.7. The molecule has 2 fully saturated rings. The van der Waals surface area contributed by atoms with Gasteiger partial charge in [0.25, 0.3) is 0 Å². The van der Waals surface area contributed by atoms with Crippen molar-refractivity contribution < 1.29 is 4.79 Å². The number of aromatic nitrogens is 1. The van der Waals surface area contributed by atoms with E-state index < -0.39 is 0 Å². The Morgan fingerprint density at radius 3 is 2.82 bits per heavy atom. The molecular formula is C25H35N7O. The molecule has 5 rings (SSSR count). The highest BCUT2D eigenvalue weighted by atomic mass is 16.2. The third-order valence-corrected chi connectivity index (χ3v) is 7.37. The van der Waals surface area contributed by atoms with Crippen LogP contribution in [0.15, 0.2) is 28.9 Å². The van der Waals surface area contributed by atoms with Crippen LogP contribution < -0.4 is 10.6 Å². The molecule has 4 aliphatic rings. The van der Waals surface area contributed by atoms with Gasteiger partial charge < -0.3 is 25.0 Å². The first-order chi connectivity index (χ1) is 15.9. The second kappa shape index (κ2) is 8.82. The zero-order valence-corrected chi connectivity index (χ0v) is 19.9. The molecular weight excluding hydrogens is 414 g/mol. The fraction of sp³-hybridized carbons (Fsp3) is 0.560.